The maximum atomic E-state index is 13.2. The molecule has 3 N–H and O–H groups in total. The van der Waals surface area contributed by atoms with Gasteiger partial charge in [-0.05, 0) is 93.0 Å². The number of pyridine rings is 1. The van der Waals surface area contributed by atoms with Crippen LogP contribution in [0.4, 0.5) is 0 Å². The molecule has 1 aliphatic carbocycles. The first kappa shape index (κ1) is 37.6. The third-order valence-electron chi connectivity index (χ3n) is 9.05. The first-order valence-corrected chi connectivity index (χ1v) is 17.4. The number of nitrogens with one attached hydrogen (secondary N) is 2. The Hall–Kier alpha value is -5.21. The van der Waals surface area contributed by atoms with Crippen LogP contribution in [-0.2, 0) is 17.6 Å². The van der Waals surface area contributed by atoms with Crippen molar-refractivity contribution in [3.05, 3.63) is 156 Å². The summed E-state index contributed by atoms with van der Waals surface area (Å²) >= 11 is 0. The second-order valence-corrected chi connectivity index (χ2v) is 12.5. The quantitative estimate of drug-likeness (QED) is 0.159. The number of likely N-dealkylation sites (tertiary alicyclic amines) is 1. The number of allylic oxidation sites excluding steroid dienone is 8. The minimum absolute atomic E-state index is 0.0158. The Labute approximate surface area is 296 Å². The van der Waals surface area contributed by atoms with E-state index in [0.717, 1.165) is 67.4 Å². The first-order chi connectivity index (χ1) is 24.4. The number of carbonyl (C=O) groups is 1. The Kier molecular flexibility index (Phi) is 14.8. The highest BCUT2D eigenvalue weighted by Crippen LogP contribution is 2.36. The van der Waals surface area contributed by atoms with E-state index in [1.54, 1.807) is 24.4 Å². The number of imidazole rings is 1. The summed E-state index contributed by atoms with van der Waals surface area (Å²) in [6, 6.07) is 17.6. The maximum Gasteiger partial charge on any atom is 0.326 e. The molecule has 262 valence electrons. The molecule has 2 aliphatic rings. The summed E-state index contributed by atoms with van der Waals surface area (Å²) in [5.41, 5.74) is 5.22. The number of nitrogens with zero attached hydrogens (tertiary/aromatic N) is 3. The van der Waals surface area contributed by atoms with E-state index >= 15 is 0 Å². The number of amides is 1. The normalized spacial score (nSPS) is 17.9. The zero-order valence-electron chi connectivity index (χ0n) is 29.4. The molecule has 0 saturated carbocycles. The van der Waals surface area contributed by atoms with Gasteiger partial charge in [-0.3, -0.25) is 19.2 Å². The Bertz CT molecular complexity index is 1830. The summed E-state index contributed by atoms with van der Waals surface area (Å²) in [5, 5.41) is 13.3. The van der Waals surface area contributed by atoms with Gasteiger partial charge in [-0.2, -0.15) is 0 Å². The summed E-state index contributed by atoms with van der Waals surface area (Å²) in [5.74, 6) is 0.438. The zero-order valence-corrected chi connectivity index (χ0v) is 29.4. The Balaban J connectivity index is 0.000000404. The Morgan fingerprint density at radius 3 is 2.42 bits per heavy atom. The van der Waals surface area contributed by atoms with Crippen LogP contribution in [0.2, 0.25) is 0 Å². The van der Waals surface area contributed by atoms with E-state index in [1.807, 2.05) is 104 Å². The van der Waals surface area contributed by atoms with Crippen LogP contribution in [0.3, 0.4) is 0 Å². The molecule has 8 heteroatoms. The van der Waals surface area contributed by atoms with Crippen molar-refractivity contribution in [2.45, 2.75) is 64.0 Å². The van der Waals surface area contributed by atoms with Crippen molar-refractivity contribution in [2.24, 2.45) is 0 Å². The lowest BCUT2D eigenvalue weighted by atomic mass is 9.76. The average molecular weight is 674 g/mol. The van der Waals surface area contributed by atoms with Crippen molar-refractivity contribution in [3.8, 4) is 5.75 Å². The standard InChI is InChI=1S/C30H33N5O3.C7H10.C5H8/c36-23-8-9-24-21(17-23)7-10-26(25(24)16-20-4-3-13-31-18-20)32-29(37)19-34-14-11-22(12-15-34)35-28-6-2-1-5-27(28)33-30(35)38;1-3-5-7-6-4-2;1-3-5-4-2/h1-6,8-9,13,17-18,22,25-26,36H,7,10-12,14-16,19H2,(H,32,37)(H,33,38);3-7H,1H2,2H3;3-5H,1H2,2H3/b;6-4-,7-5-;5-4-. The molecular weight excluding hydrogens is 622 g/mol. The molecule has 1 saturated heterocycles. The molecule has 2 aromatic carbocycles. The van der Waals surface area contributed by atoms with Gasteiger partial charge in [0.05, 0.1) is 17.6 Å². The summed E-state index contributed by atoms with van der Waals surface area (Å²) in [7, 11) is 0. The minimum Gasteiger partial charge on any atom is -0.508 e. The van der Waals surface area contributed by atoms with Crippen molar-refractivity contribution >= 4 is 16.9 Å². The van der Waals surface area contributed by atoms with Crippen molar-refractivity contribution in [2.75, 3.05) is 19.6 Å². The van der Waals surface area contributed by atoms with Crippen molar-refractivity contribution < 1.29 is 9.90 Å². The molecule has 0 spiro atoms. The summed E-state index contributed by atoms with van der Waals surface area (Å²) in [6.07, 6.45) is 22.8. The van der Waals surface area contributed by atoms with Crippen LogP contribution in [-0.4, -0.2) is 56.1 Å². The van der Waals surface area contributed by atoms with Crippen LogP contribution in [0.15, 0.2) is 134 Å². The van der Waals surface area contributed by atoms with Gasteiger partial charge in [0, 0.05) is 43.5 Å². The van der Waals surface area contributed by atoms with E-state index in [4.69, 9.17) is 0 Å². The number of aromatic amines is 1. The second-order valence-electron chi connectivity index (χ2n) is 12.5. The van der Waals surface area contributed by atoms with Crippen molar-refractivity contribution in [1.82, 2.24) is 24.8 Å². The lowest BCUT2D eigenvalue weighted by molar-refractivity contribution is -0.123. The molecule has 6 rings (SSSR count). The fourth-order valence-electron chi connectivity index (χ4n) is 6.71. The molecule has 8 nitrogen and oxygen atoms in total. The molecule has 2 atom stereocenters. The van der Waals surface area contributed by atoms with Crippen LogP contribution in [0.1, 0.15) is 61.8 Å². The molecular formula is C42H51N5O3. The number of fused-ring (bicyclic) bond motifs is 2. The van der Waals surface area contributed by atoms with Crippen LogP contribution in [0.5, 0.6) is 5.75 Å². The van der Waals surface area contributed by atoms with E-state index in [0.29, 0.717) is 6.54 Å². The van der Waals surface area contributed by atoms with Crippen LogP contribution in [0.25, 0.3) is 11.0 Å². The predicted molar refractivity (Wildman–Crippen MR) is 205 cm³/mol. The van der Waals surface area contributed by atoms with Gasteiger partial charge in [0.2, 0.25) is 5.91 Å². The summed E-state index contributed by atoms with van der Waals surface area (Å²) in [4.78, 5) is 35.2. The number of carbonyl (C=O) groups excluding carboxylic acids is 1. The molecule has 1 amide bonds. The van der Waals surface area contributed by atoms with Gasteiger partial charge < -0.3 is 15.4 Å². The number of phenolic OH excluding ortho intramolecular Hbond substituents is 1. The number of aryl methyl sites for hydroxylation is 1. The van der Waals surface area contributed by atoms with Gasteiger partial charge >= 0.3 is 5.69 Å². The first-order valence-electron chi connectivity index (χ1n) is 17.4. The Morgan fingerprint density at radius 2 is 1.74 bits per heavy atom. The van der Waals surface area contributed by atoms with Crippen LogP contribution in [0, 0.1) is 0 Å². The molecule has 1 fully saturated rings. The van der Waals surface area contributed by atoms with Gasteiger partial charge in [-0.1, -0.05) is 86.0 Å². The highest BCUT2D eigenvalue weighted by molar-refractivity contribution is 5.78. The second kappa shape index (κ2) is 19.7. The van der Waals surface area contributed by atoms with Gasteiger partial charge in [-0.25, -0.2) is 4.79 Å². The number of hydrogen-bond donors (Lipinski definition) is 3. The van der Waals surface area contributed by atoms with Crippen LogP contribution >= 0.6 is 0 Å². The lowest BCUT2D eigenvalue weighted by Gasteiger charge is -2.36. The number of piperidine rings is 1. The fourth-order valence-corrected chi connectivity index (χ4v) is 6.71. The van der Waals surface area contributed by atoms with E-state index in [2.05, 4.69) is 39.4 Å². The number of hydrogen-bond acceptors (Lipinski definition) is 5. The van der Waals surface area contributed by atoms with Crippen molar-refractivity contribution in [3.63, 3.8) is 0 Å². The number of rotatable bonds is 9. The molecule has 2 aromatic heterocycles. The number of benzene rings is 2. The predicted octanol–water partition coefficient (Wildman–Crippen LogP) is 7.58. The molecule has 4 aromatic rings. The highest BCUT2D eigenvalue weighted by Gasteiger charge is 2.32. The lowest BCUT2D eigenvalue weighted by Crippen LogP contribution is -2.48. The summed E-state index contributed by atoms with van der Waals surface area (Å²) in [6.45, 7) is 12.8. The monoisotopic (exact) mass is 673 g/mol. The highest BCUT2D eigenvalue weighted by atomic mass is 16.3. The average Bonchev–Trinajstić information content (AvgIpc) is 3.46. The van der Waals surface area contributed by atoms with Gasteiger partial charge in [0.1, 0.15) is 5.75 Å². The fraction of sp³-hybridized carbons (Fsp3) is 0.310. The molecule has 50 heavy (non-hydrogen) atoms. The third-order valence-corrected chi connectivity index (χ3v) is 9.05. The van der Waals surface area contributed by atoms with E-state index in [1.165, 1.54) is 5.56 Å². The van der Waals surface area contributed by atoms with Crippen LogP contribution < -0.4 is 11.0 Å². The molecule has 0 radical (unpaired) electrons. The van der Waals surface area contributed by atoms with Gasteiger partial charge in [0.15, 0.2) is 0 Å². The number of H-pyrrole nitrogens is 1. The van der Waals surface area contributed by atoms with Gasteiger partial charge in [-0.15, -0.1) is 0 Å². The minimum atomic E-state index is -0.0621. The number of aromatic hydroxyl groups is 1. The number of phenols is 1. The van der Waals surface area contributed by atoms with Gasteiger partial charge in [0.25, 0.3) is 0 Å². The van der Waals surface area contributed by atoms with E-state index in [-0.39, 0.29) is 35.3 Å². The summed E-state index contributed by atoms with van der Waals surface area (Å²) < 4.78 is 1.88. The maximum absolute atomic E-state index is 13.2. The molecule has 1 aliphatic heterocycles. The van der Waals surface area contributed by atoms with E-state index < -0.39 is 0 Å². The van der Waals surface area contributed by atoms with Crippen molar-refractivity contribution in [1.29, 1.82) is 0 Å². The largest absolute Gasteiger partial charge is 0.508 e. The molecule has 2 unspecified atom stereocenters. The number of aromatic nitrogens is 3. The Morgan fingerprint density at radius 1 is 0.980 bits per heavy atom. The molecule has 0 bridgehead atoms. The zero-order chi connectivity index (χ0) is 35.7. The topological polar surface area (TPSA) is 103 Å². The SMILES string of the molecule is C=C/C=C\C.C=C/C=C\C=C/C.O=C(CN1CCC(n2c(=O)[nH]c3ccccc32)CC1)NC1CCc2cc(O)ccc2C1Cc1cccnc1. The molecule has 3 heterocycles. The third kappa shape index (κ3) is 10.6. The number of para-hydroxylation sites is 2. The smallest absolute Gasteiger partial charge is 0.326 e. The van der Waals surface area contributed by atoms with E-state index in [9.17, 15) is 14.7 Å².